The van der Waals surface area contributed by atoms with E-state index < -0.39 is 6.10 Å². The third-order valence-corrected chi connectivity index (χ3v) is 2.28. The highest BCUT2D eigenvalue weighted by molar-refractivity contribution is 5.03. The van der Waals surface area contributed by atoms with Crippen molar-refractivity contribution >= 4 is 0 Å². The molecule has 0 spiro atoms. The fourth-order valence-corrected chi connectivity index (χ4v) is 1.57. The average Bonchev–Trinajstić information content (AvgIpc) is 2.18. The maximum atomic E-state index is 10.1. The van der Waals surface area contributed by atoms with E-state index in [1.165, 1.54) is 0 Å². The monoisotopic (exact) mass is 210 g/mol. The Hall–Kier alpha value is -1.00. The number of methoxy groups -OCH3 is 1. The van der Waals surface area contributed by atoms with E-state index in [0.717, 1.165) is 0 Å². The summed E-state index contributed by atoms with van der Waals surface area (Å²) in [6.07, 6.45) is 3.66. The van der Waals surface area contributed by atoms with Crippen LogP contribution in [0.1, 0.15) is 32.6 Å². The third-order valence-electron chi connectivity index (χ3n) is 2.28. The molecule has 0 saturated carbocycles. The van der Waals surface area contributed by atoms with E-state index in [4.69, 9.17) is 4.74 Å². The van der Waals surface area contributed by atoms with Gasteiger partial charge in [-0.3, -0.25) is 9.97 Å². The van der Waals surface area contributed by atoms with Crippen LogP contribution in [0.25, 0.3) is 0 Å². The Balaban J connectivity index is 2.88. The van der Waals surface area contributed by atoms with Crippen LogP contribution in [0.2, 0.25) is 0 Å². The van der Waals surface area contributed by atoms with Crippen LogP contribution in [0.15, 0.2) is 18.6 Å². The lowest BCUT2D eigenvalue weighted by atomic mass is 9.85. The second kappa shape index (κ2) is 4.68. The second-order valence-electron chi connectivity index (χ2n) is 4.60. The van der Waals surface area contributed by atoms with Gasteiger partial charge in [0.15, 0.2) is 0 Å². The molecule has 1 aromatic heterocycles. The molecule has 0 aliphatic rings. The van der Waals surface area contributed by atoms with Crippen LogP contribution in [0.3, 0.4) is 0 Å². The Labute approximate surface area is 90.3 Å². The summed E-state index contributed by atoms with van der Waals surface area (Å²) in [5.74, 6) is 0. The van der Waals surface area contributed by atoms with E-state index in [2.05, 4.69) is 9.97 Å². The van der Waals surface area contributed by atoms with Crippen molar-refractivity contribution < 1.29 is 9.84 Å². The predicted octanol–water partition coefficient (Wildman–Crippen LogP) is 1.57. The normalized spacial score (nSPS) is 16.1. The Morgan fingerprint density at radius 2 is 2.00 bits per heavy atom. The van der Waals surface area contributed by atoms with Crippen LogP contribution in [-0.2, 0) is 4.74 Å². The van der Waals surface area contributed by atoms with Crippen molar-refractivity contribution in [2.75, 3.05) is 7.11 Å². The lowest BCUT2D eigenvalue weighted by Crippen LogP contribution is -2.34. The average molecular weight is 210 g/mol. The van der Waals surface area contributed by atoms with Gasteiger partial charge in [0.2, 0.25) is 0 Å². The van der Waals surface area contributed by atoms with Gasteiger partial charge < -0.3 is 9.84 Å². The molecule has 15 heavy (non-hydrogen) atoms. The zero-order valence-electron chi connectivity index (χ0n) is 9.64. The number of aliphatic hydroxyl groups is 1. The largest absolute Gasteiger partial charge is 0.384 e. The summed E-state index contributed by atoms with van der Waals surface area (Å²) in [5.41, 5.74) is 0.394. The molecule has 1 rings (SSSR count). The zero-order chi connectivity index (χ0) is 11.5. The first-order valence-corrected chi connectivity index (χ1v) is 4.93. The van der Waals surface area contributed by atoms with Gasteiger partial charge in [0, 0.05) is 19.5 Å². The first kappa shape index (κ1) is 12.1. The molecule has 0 aliphatic heterocycles. The molecule has 0 aliphatic carbocycles. The van der Waals surface area contributed by atoms with Gasteiger partial charge in [-0.2, -0.15) is 0 Å². The van der Waals surface area contributed by atoms with E-state index in [9.17, 15) is 5.11 Å². The molecular formula is C11H18N2O2. The molecule has 2 unspecified atom stereocenters. The summed E-state index contributed by atoms with van der Waals surface area (Å²) in [5, 5.41) is 10.1. The standard InChI is InChI=1S/C11H18N2O2/c1-11(2,3)10(15-4)9(14)8-7-12-5-6-13-8/h5-7,9-10,14H,1-4H3. The molecule has 1 N–H and O–H groups in total. The maximum Gasteiger partial charge on any atom is 0.124 e. The molecule has 0 aromatic carbocycles. The molecule has 2 atom stereocenters. The summed E-state index contributed by atoms with van der Waals surface area (Å²) in [7, 11) is 1.59. The van der Waals surface area contributed by atoms with Crippen molar-refractivity contribution in [2.45, 2.75) is 33.0 Å². The highest BCUT2D eigenvalue weighted by Gasteiger charge is 2.32. The lowest BCUT2D eigenvalue weighted by Gasteiger charge is -2.32. The quantitative estimate of drug-likeness (QED) is 0.822. The van der Waals surface area contributed by atoms with Crippen molar-refractivity contribution in [3.63, 3.8) is 0 Å². The van der Waals surface area contributed by atoms with Crippen LogP contribution < -0.4 is 0 Å². The van der Waals surface area contributed by atoms with Crippen LogP contribution in [0.4, 0.5) is 0 Å². The van der Waals surface area contributed by atoms with Crippen LogP contribution in [0, 0.1) is 5.41 Å². The second-order valence-corrected chi connectivity index (χ2v) is 4.60. The van der Waals surface area contributed by atoms with Gasteiger partial charge in [0.25, 0.3) is 0 Å². The van der Waals surface area contributed by atoms with Gasteiger partial charge >= 0.3 is 0 Å². The smallest absolute Gasteiger partial charge is 0.124 e. The summed E-state index contributed by atoms with van der Waals surface area (Å²) < 4.78 is 5.31. The fraction of sp³-hybridized carbons (Fsp3) is 0.636. The molecule has 4 nitrogen and oxygen atoms in total. The number of aliphatic hydroxyl groups excluding tert-OH is 1. The SMILES string of the molecule is COC(C(O)c1cnccn1)C(C)(C)C. The number of aromatic nitrogens is 2. The molecule has 0 radical (unpaired) electrons. The van der Waals surface area contributed by atoms with Crippen LogP contribution >= 0.6 is 0 Å². The van der Waals surface area contributed by atoms with Crippen molar-refractivity contribution in [3.05, 3.63) is 24.3 Å². The van der Waals surface area contributed by atoms with Gasteiger partial charge in [-0.15, -0.1) is 0 Å². The van der Waals surface area contributed by atoms with Gasteiger partial charge in [0.1, 0.15) is 6.10 Å². The first-order valence-electron chi connectivity index (χ1n) is 4.93. The van der Waals surface area contributed by atoms with E-state index in [1.54, 1.807) is 25.7 Å². The van der Waals surface area contributed by atoms with Crippen molar-refractivity contribution in [1.82, 2.24) is 9.97 Å². The topological polar surface area (TPSA) is 55.2 Å². The third kappa shape index (κ3) is 2.97. The fourth-order valence-electron chi connectivity index (χ4n) is 1.57. The van der Waals surface area contributed by atoms with E-state index in [0.29, 0.717) is 5.69 Å². The maximum absolute atomic E-state index is 10.1. The Kier molecular flexibility index (Phi) is 3.77. The van der Waals surface area contributed by atoms with E-state index in [1.807, 2.05) is 20.8 Å². The number of rotatable bonds is 3. The molecule has 0 saturated heterocycles. The molecule has 84 valence electrons. The minimum absolute atomic E-state index is 0.147. The Morgan fingerprint density at radius 3 is 2.40 bits per heavy atom. The van der Waals surface area contributed by atoms with Gasteiger partial charge in [-0.05, 0) is 5.41 Å². The molecule has 0 fully saturated rings. The van der Waals surface area contributed by atoms with Gasteiger partial charge in [-0.25, -0.2) is 0 Å². The van der Waals surface area contributed by atoms with Gasteiger partial charge in [-0.1, -0.05) is 20.8 Å². The van der Waals surface area contributed by atoms with Crippen molar-refractivity contribution in [3.8, 4) is 0 Å². The number of hydrogen-bond donors (Lipinski definition) is 1. The molecular weight excluding hydrogens is 192 g/mol. The van der Waals surface area contributed by atoms with Gasteiger partial charge in [0.05, 0.1) is 18.0 Å². The number of ether oxygens (including phenoxy) is 1. The Morgan fingerprint density at radius 1 is 1.33 bits per heavy atom. The van der Waals surface area contributed by atoms with Crippen molar-refractivity contribution in [2.24, 2.45) is 5.41 Å². The number of nitrogens with zero attached hydrogens (tertiary/aromatic N) is 2. The molecule has 0 amide bonds. The summed E-state index contributed by atoms with van der Waals surface area (Å²) in [6, 6.07) is 0. The zero-order valence-corrected chi connectivity index (χ0v) is 9.64. The molecule has 1 aromatic rings. The van der Waals surface area contributed by atoms with Crippen LogP contribution in [-0.4, -0.2) is 28.3 Å². The highest BCUT2D eigenvalue weighted by atomic mass is 16.5. The summed E-state index contributed by atoms with van der Waals surface area (Å²) in [4.78, 5) is 7.99. The van der Waals surface area contributed by atoms with E-state index >= 15 is 0 Å². The molecule has 1 heterocycles. The number of hydrogen-bond acceptors (Lipinski definition) is 4. The summed E-state index contributed by atoms with van der Waals surface area (Å²) in [6.45, 7) is 6.04. The first-order chi connectivity index (χ1) is 6.96. The molecule has 4 heteroatoms. The highest BCUT2D eigenvalue weighted by Crippen LogP contribution is 2.31. The minimum Gasteiger partial charge on any atom is -0.384 e. The van der Waals surface area contributed by atoms with Crippen molar-refractivity contribution in [1.29, 1.82) is 0 Å². The Bertz CT molecular complexity index is 295. The summed E-state index contributed by atoms with van der Waals surface area (Å²) >= 11 is 0. The molecule has 0 bridgehead atoms. The minimum atomic E-state index is -0.747. The predicted molar refractivity (Wildman–Crippen MR) is 57.2 cm³/mol. The lowest BCUT2D eigenvalue weighted by molar-refractivity contribution is -0.0741. The van der Waals surface area contributed by atoms with Crippen LogP contribution in [0.5, 0.6) is 0 Å². The van der Waals surface area contributed by atoms with E-state index in [-0.39, 0.29) is 11.5 Å².